The maximum absolute atomic E-state index is 9.66. The fourth-order valence-corrected chi connectivity index (χ4v) is 4.62. The van der Waals surface area contributed by atoms with Crippen LogP contribution in [0.3, 0.4) is 0 Å². The van der Waals surface area contributed by atoms with E-state index in [0.29, 0.717) is 11.2 Å². The van der Waals surface area contributed by atoms with Crippen LogP contribution in [-0.4, -0.2) is 5.11 Å². The van der Waals surface area contributed by atoms with Crippen molar-refractivity contribution in [1.82, 2.24) is 0 Å². The number of aryl methyl sites for hydroxylation is 1. The van der Waals surface area contributed by atoms with E-state index in [9.17, 15) is 5.11 Å². The van der Waals surface area contributed by atoms with Crippen molar-refractivity contribution in [3.8, 4) is 5.75 Å². The van der Waals surface area contributed by atoms with Crippen molar-refractivity contribution in [3.63, 3.8) is 0 Å². The Morgan fingerprint density at radius 1 is 1.32 bits per heavy atom. The molecule has 104 valence electrons. The zero-order valence-corrected chi connectivity index (χ0v) is 12.4. The summed E-state index contributed by atoms with van der Waals surface area (Å²) in [5, 5.41) is 9.66. The lowest BCUT2D eigenvalue weighted by Gasteiger charge is -2.50. The first-order valence-corrected chi connectivity index (χ1v) is 7.87. The fourth-order valence-electron chi connectivity index (χ4n) is 4.62. The molecule has 0 bridgehead atoms. The van der Waals surface area contributed by atoms with E-state index < -0.39 is 0 Å². The second-order valence-electron chi connectivity index (χ2n) is 7.03. The van der Waals surface area contributed by atoms with Gasteiger partial charge in [0.15, 0.2) is 0 Å². The predicted molar refractivity (Wildman–Crippen MR) is 79.5 cm³/mol. The van der Waals surface area contributed by atoms with Crippen molar-refractivity contribution in [1.29, 1.82) is 0 Å². The molecule has 1 aromatic carbocycles. The van der Waals surface area contributed by atoms with Crippen LogP contribution in [0.5, 0.6) is 5.75 Å². The largest absolute Gasteiger partial charge is 0.508 e. The number of aromatic hydroxyl groups is 1. The SMILES string of the molecule is CC[C@@]1(C)CCC2c3ccc(O)cc3CC[C@H]2C1C. The first-order chi connectivity index (χ1) is 9.05. The van der Waals surface area contributed by atoms with Crippen LogP contribution in [0.1, 0.15) is 63.5 Å². The van der Waals surface area contributed by atoms with Crippen molar-refractivity contribution < 1.29 is 5.11 Å². The number of phenols is 1. The van der Waals surface area contributed by atoms with E-state index in [4.69, 9.17) is 0 Å². The molecule has 1 heteroatoms. The smallest absolute Gasteiger partial charge is 0.115 e. The van der Waals surface area contributed by atoms with Gasteiger partial charge in [-0.15, -0.1) is 0 Å². The highest BCUT2D eigenvalue weighted by atomic mass is 16.3. The fraction of sp³-hybridized carbons (Fsp3) is 0.667. The van der Waals surface area contributed by atoms with Crippen molar-refractivity contribution in [2.24, 2.45) is 17.3 Å². The summed E-state index contributed by atoms with van der Waals surface area (Å²) in [5.74, 6) is 2.83. The number of rotatable bonds is 1. The van der Waals surface area contributed by atoms with Gasteiger partial charge in [-0.1, -0.05) is 33.3 Å². The molecule has 2 aliphatic rings. The molecule has 0 saturated heterocycles. The Hall–Kier alpha value is -0.980. The molecular weight excluding hydrogens is 232 g/mol. The summed E-state index contributed by atoms with van der Waals surface area (Å²) in [6.07, 6.45) is 6.44. The van der Waals surface area contributed by atoms with Gasteiger partial charge in [0.05, 0.1) is 0 Å². The topological polar surface area (TPSA) is 20.2 Å². The molecule has 0 heterocycles. The molecule has 19 heavy (non-hydrogen) atoms. The summed E-state index contributed by atoms with van der Waals surface area (Å²) < 4.78 is 0. The second-order valence-corrected chi connectivity index (χ2v) is 7.03. The van der Waals surface area contributed by atoms with E-state index >= 15 is 0 Å². The van der Waals surface area contributed by atoms with Crippen molar-refractivity contribution in [3.05, 3.63) is 29.3 Å². The zero-order valence-electron chi connectivity index (χ0n) is 12.4. The summed E-state index contributed by atoms with van der Waals surface area (Å²) in [6, 6.07) is 6.05. The minimum absolute atomic E-state index is 0.430. The van der Waals surface area contributed by atoms with E-state index in [0.717, 1.165) is 24.2 Å². The average molecular weight is 258 g/mol. The zero-order chi connectivity index (χ0) is 13.6. The third-order valence-electron chi connectivity index (χ3n) is 6.37. The maximum Gasteiger partial charge on any atom is 0.115 e. The highest BCUT2D eigenvalue weighted by Gasteiger charge is 2.44. The third kappa shape index (κ3) is 1.98. The van der Waals surface area contributed by atoms with Gasteiger partial charge in [0.1, 0.15) is 5.75 Å². The Balaban J connectivity index is 1.94. The molecule has 2 aliphatic carbocycles. The molecule has 1 aromatic rings. The Kier molecular flexibility index (Phi) is 3.11. The summed E-state index contributed by atoms with van der Waals surface area (Å²) >= 11 is 0. The van der Waals surface area contributed by atoms with Gasteiger partial charge in [0, 0.05) is 0 Å². The van der Waals surface area contributed by atoms with Crippen LogP contribution in [0, 0.1) is 17.3 Å². The quantitative estimate of drug-likeness (QED) is 0.760. The lowest BCUT2D eigenvalue weighted by atomic mass is 9.54. The lowest BCUT2D eigenvalue weighted by Crippen LogP contribution is -2.40. The van der Waals surface area contributed by atoms with Crippen molar-refractivity contribution >= 4 is 0 Å². The molecule has 1 saturated carbocycles. The summed E-state index contributed by atoms with van der Waals surface area (Å²) in [5.41, 5.74) is 3.46. The van der Waals surface area contributed by atoms with Crippen LogP contribution in [0.4, 0.5) is 0 Å². The lowest BCUT2D eigenvalue weighted by molar-refractivity contribution is 0.0411. The van der Waals surface area contributed by atoms with Gasteiger partial charge in [0.2, 0.25) is 0 Å². The molecule has 0 spiro atoms. The Labute approximate surface area is 117 Å². The Bertz CT molecular complexity index is 479. The minimum Gasteiger partial charge on any atom is -0.508 e. The van der Waals surface area contributed by atoms with Gasteiger partial charge in [0.25, 0.3) is 0 Å². The number of phenolic OH excluding ortho intramolecular Hbond substituents is 1. The predicted octanol–water partition coefficient (Wildman–Crippen LogP) is 4.88. The number of hydrogen-bond acceptors (Lipinski definition) is 1. The maximum atomic E-state index is 9.66. The molecule has 0 radical (unpaired) electrons. The van der Waals surface area contributed by atoms with Gasteiger partial charge in [-0.2, -0.15) is 0 Å². The number of benzene rings is 1. The van der Waals surface area contributed by atoms with Crippen molar-refractivity contribution in [2.75, 3.05) is 0 Å². The molecule has 1 fully saturated rings. The highest BCUT2D eigenvalue weighted by molar-refractivity contribution is 5.39. The second kappa shape index (κ2) is 4.54. The highest BCUT2D eigenvalue weighted by Crippen LogP contribution is 2.55. The summed E-state index contributed by atoms with van der Waals surface area (Å²) in [7, 11) is 0. The van der Waals surface area contributed by atoms with Gasteiger partial charge in [-0.05, 0) is 72.1 Å². The normalized spacial score (nSPS) is 37.5. The number of fused-ring (bicyclic) bond motifs is 3. The van der Waals surface area contributed by atoms with Gasteiger partial charge >= 0.3 is 0 Å². The van der Waals surface area contributed by atoms with Crippen LogP contribution < -0.4 is 0 Å². The van der Waals surface area contributed by atoms with Crippen LogP contribution in [0.25, 0.3) is 0 Å². The van der Waals surface area contributed by atoms with Gasteiger partial charge in [-0.25, -0.2) is 0 Å². The van der Waals surface area contributed by atoms with Crippen LogP contribution >= 0.6 is 0 Å². The van der Waals surface area contributed by atoms with E-state index in [1.165, 1.54) is 36.8 Å². The molecule has 1 N–H and O–H groups in total. The van der Waals surface area contributed by atoms with E-state index in [2.05, 4.69) is 26.8 Å². The first-order valence-electron chi connectivity index (χ1n) is 7.87. The third-order valence-corrected chi connectivity index (χ3v) is 6.37. The molecule has 0 aliphatic heterocycles. The molecular formula is C18H26O. The van der Waals surface area contributed by atoms with E-state index in [-0.39, 0.29) is 0 Å². The Morgan fingerprint density at radius 2 is 2.11 bits per heavy atom. The molecule has 0 amide bonds. The van der Waals surface area contributed by atoms with Gasteiger partial charge < -0.3 is 5.11 Å². The minimum atomic E-state index is 0.430. The van der Waals surface area contributed by atoms with Crippen LogP contribution in [-0.2, 0) is 6.42 Å². The van der Waals surface area contributed by atoms with Crippen LogP contribution in [0.2, 0.25) is 0 Å². The Morgan fingerprint density at radius 3 is 2.84 bits per heavy atom. The molecule has 0 aromatic heterocycles. The first kappa shape index (κ1) is 13.0. The average Bonchev–Trinajstić information content (AvgIpc) is 2.42. The van der Waals surface area contributed by atoms with Gasteiger partial charge in [-0.3, -0.25) is 0 Å². The molecule has 1 nitrogen and oxygen atoms in total. The molecule has 4 atom stereocenters. The molecule has 3 rings (SSSR count). The van der Waals surface area contributed by atoms with Crippen LogP contribution in [0.15, 0.2) is 18.2 Å². The molecule has 2 unspecified atom stereocenters. The summed E-state index contributed by atoms with van der Waals surface area (Å²) in [6.45, 7) is 7.32. The van der Waals surface area contributed by atoms with E-state index in [1.807, 2.05) is 12.1 Å². The number of hydrogen-bond donors (Lipinski definition) is 1. The summed E-state index contributed by atoms with van der Waals surface area (Å²) in [4.78, 5) is 0. The van der Waals surface area contributed by atoms with E-state index in [1.54, 1.807) is 0 Å². The standard InChI is InChI=1S/C18H26O/c1-4-18(3)10-9-17-15(12(18)2)7-5-13-11-14(19)6-8-16(13)17/h6,8,11-12,15,17,19H,4-5,7,9-10H2,1-3H3/t12?,15-,17?,18-/m0/s1. The van der Waals surface area contributed by atoms with Crippen molar-refractivity contribution in [2.45, 2.75) is 58.8 Å². The monoisotopic (exact) mass is 258 g/mol.